The minimum Gasteiger partial charge on any atom is -0.479 e. The number of carbonyl (C=O) groups excluding carboxylic acids is 2. The minimum atomic E-state index is -0.973. The van der Waals surface area contributed by atoms with Gasteiger partial charge in [0.25, 0.3) is 17.5 Å². The second-order valence-electron chi connectivity index (χ2n) is 5.09. The lowest BCUT2D eigenvalue weighted by Crippen LogP contribution is -2.47. The summed E-state index contributed by atoms with van der Waals surface area (Å²) >= 11 is 11.7. The van der Waals surface area contributed by atoms with Gasteiger partial charge >= 0.3 is 0 Å². The standard InChI is InChI=1S/C16H13Cl2N3O5/c1-9(26-14-6-5-11(17)8-13(14)18)15(22)19-20-16(23)10-3-2-4-12(7-10)21(24)25/h2-9H,1H3,(H,19,22)(H,20,23)/t9-/m0/s1. The predicted octanol–water partition coefficient (Wildman–Crippen LogP) is 3.13. The molecular formula is C16H13Cl2N3O5. The third-order valence-electron chi connectivity index (χ3n) is 3.19. The van der Waals surface area contributed by atoms with Gasteiger partial charge in [-0.1, -0.05) is 29.3 Å². The molecule has 2 N–H and O–H groups in total. The third kappa shape index (κ3) is 5.08. The monoisotopic (exact) mass is 397 g/mol. The first kappa shape index (κ1) is 19.5. The van der Waals surface area contributed by atoms with Crippen LogP contribution in [0.3, 0.4) is 0 Å². The number of hydrazine groups is 1. The van der Waals surface area contributed by atoms with Crippen molar-refractivity contribution in [2.75, 3.05) is 0 Å². The van der Waals surface area contributed by atoms with E-state index in [1.807, 2.05) is 0 Å². The van der Waals surface area contributed by atoms with Crippen LogP contribution >= 0.6 is 23.2 Å². The van der Waals surface area contributed by atoms with Crippen molar-refractivity contribution in [2.24, 2.45) is 0 Å². The SMILES string of the molecule is C[C@H](Oc1ccc(Cl)cc1Cl)C(=O)NNC(=O)c1cccc([N+](=O)[O-])c1. The highest BCUT2D eigenvalue weighted by Gasteiger charge is 2.18. The Kier molecular flexibility index (Phi) is 6.37. The zero-order valence-electron chi connectivity index (χ0n) is 13.4. The van der Waals surface area contributed by atoms with Gasteiger partial charge in [0.1, 0.15) is 5.75 Å². The summed E-state index contributed by atoms with van der Waals surface area (Å²) in [5.74, 6) is -1.10. The first-order chi connectivity index (χ1) is 12.3. The number of nitrogens with one attached hydrogen (secondary N) is 2. The van der Waals surface area contributed by atoms with Crippen LogP contribution in [0.2, 0.25) is 10.0 Å². The lowest BCUT2D eigenvalue weighted by Gasteiger charge is -2.16. The van der Waals surface area contributed by atoms with Crippen molar-refractivity contribution < 1.29 is 19.2 Å². The zero-order chi connectivity index (χ0) is 19.3. The van der Waals surface area contributed by atoms with Crippen LogP contribution in [-0.2, 0) is 4.79 Å². The van der Waals surface area contributed by atoms with E-state index in [1.165, 1.54) is 37.3 Å². The summed E-state index contributed by atoms with van der Waals surface area (Å²) in [7, 11) is 0. The van der Waals surface area contributed by atoms with E-state index >= 15 is 0 Å². The average Bonchev–Trinajstić information content (AvgIpc) is 2.61. The van der Waals surface area contributed by atoms with E-state index in [0.29, 0.717) is 5.02 Å². The lowest BCUT2D eigenvalue weighted by molar-refractivity contribution is -0.384. The summed E-state index contributed by atoms with van der Waals surface area (Å²) in [5, 5.41) is 11.4. The Morgan fingerprint density at radius 1 is 1.15 bits per heavy atom. The Bertz CT molecular complexity index is 860. The van der Waals surface area contributed by atoms with E-state index in [9.17, 15) is 19.7 Å². The lowest BCUT2D eigenvalue weighted by atomic mass is 10.2. The van der Waals surface area contributed by atoms with Gasteiger partial charge in [0.2, 0.25) is 0 Å². The zero-order valence-corrected chi connectivity index (χ0v) is 14.9. The molecule has 0 bridgehead atoms. The normalized spacial score (nSPS) is 11.3. The van der Waals surface area contributed by atoms with Gasteiger partial charge in [-0.25, -0.2) is 0 Å². The van der Waals surface area contributed by atoms with Crippen LogP contribution in [0.25, 0.3) is 0 Å². The van der Waals surface area contributed by atoms with Crippen LogP contribution in [0, 0.1) is 10.1 Å². The molecule has 0 saturated heterocycles. The maximum absolute atomic E-state index is 12.0. The van der Waals surface area contributed by atoms with E-state index in [2.05, 4.69) is 10.9 Å². The quantitative estimate of drug-likeness (QED) is 0.594. The Morgan fingerprint density at radius 3 is 2.54 bits per heavy atom. The highest BCUT2D eigenvalue weighted by molar-refractivity contribution is 6.35. The molecule has 0 aliphatic heterocycles. The van der Waals surface area contributed by atoms with E-state index in [1.54, 1.807) is 6.07 Å². The molecule has 0 unspecified atom stereocenters. The molecule has 0 saturated carbocycles. The summed E-state index contributed by atoms with van der Waals surface area (Å²) in [4.78, 5) is 34.1. The molecule has 10 heteroatoms. The molecule has 2 aromatic rings. The van der Waals surface area contributed by atoms with Gasteiger partial charge in [-0.05, 0) is 31.2 Å². The molecule has 2 aromatic carbocycles. The maximum Gasteiger partial charge on any atom is 0.279 e. The third-order valence-corrected chi connectivity index (χ3v) is 3.72. The van der Waals surface area contributed by atoms with E-state index in [0.717, 1.165) is 6.07 Å². The van der Waals surface area contributed by atoms with Crippen molar-refractivity contribution in [1.82, 2.24) is 10.9 Å². The number of halogens is 2. The van der Waals surface area contributed by atoms with Gasteiger partial charge in [-0.2, -0.15) is 0 Å². The summed E-state index contributed by atoms with van der Waals surface area (Å²) in [6, 6.07) is 9.61. The fourth-order valence-corrected chi connectivity index (χ4v) is 2.32. The smallest absolute Gasteiger partial charge is 0.279 e. The molecule has 0 radical (unpaired) electrons. The molecule has 0 fully saturated rings. The Labute approximate surface area is 158 Å². The van der Waals surface area contributed by atoms with Crippen molar-refractivity contribution >= 4 is 40.7 Å². The molecule has 0 heterocycles. The average molecular weight is 398 g/mol. The van der Waals surface area contributed by atoms with Crippen molar-refractivity contribution in [3.8, 4) is 5.75 Å². The van der Waals surface area contributed by atoms with E-state index in [4.69, 9.17) is 27.9 Å². The molecule has 0 aromatic heterocycles. The van der Waals surface area contributed by atoms with Crippen molar-refractivity contribution in [3.05, 3.63) is 68.2 Å². The van der Waals surface area contributed by atoms with Crippen LogP contribution < -0.4 is 15.6 Å². The molecule has 0 aliphatic rings. The second-order valence-corrected chi connectivity index (χ2v) is 5.93. The van der Waals surface area contributed by atoms with Gasteiger partial charge in [-0.15, -0.1) is 0 Å². The second kappa shape index (κ2) is 8.50. The summed E-state index contributed by atoms with van der Waals surface area (Å²) < 4.78 is 5.41. The molecule has 2 amide bonds. The van der Waals surface area contributed by atoms with Crippen LogP contribution in [0.15, 0.2) is 42.5 Å². The molecule has 8 nitrogen and oxygen atoms in total. The van der Waals surface area contributed by atoms with E-state index in [-0.39, 0.29) is 22.0 Å². The van der Waals surface area contributed by atoms with Crippen LogP contribution in [0.5, 0.6) is 5.75 Å². The largest absolute Gasteiger partial charge is 0.479 e. The fraction of sp³-hybridized carbons (Fsp3) is 0.125. The first-order valence-corrected chi connectivity index (χ1v) is 8.00. The number of nitrogens with zero attached hydrogens (tertiary/aromatic N) is 1. The highest BCUT2D eigenvalue weighted by atomic mass is 35.5. The Hall–Kier alpha value is -2.84. The topological polar surface area (TPSA) is 111 Å². The molecule has 0 aliphatic carbocycles. The number of nitro groups is 1. The van der Waals surface area contributed by atoms with E-state index < -0.39 is 22.8 Å². The number of rotatable bonds is 5. The number of hydrogen-bond donors (Lipinski definition) is 2. The molecule has 0 spiro atoms. The minimum absolute atomic E-state index is 0.0221. The predicted molar refractivity (Wildman–Crippen MR) is 95.3 cm³/mol. The number of nitro benzene ring substituents is 1. The van der Waals surface area contributed by atoms with Gasteiger partial charge in [0.05, 0.1) is 9.95 Å². The number of carbonyl (C=O) groups is 2. The van der Waals surface area contributed by atoms with Gasteiger partial charge < -0.3 is 4.74 Å². The molecule has 1 atom stereocenters. The van der Waals surface area contributed by atoms with Crippen molar-refractivity contribution in [2.45, 2.75) is 13.0 Å². The van der Waals surface area contributed by atoms with Gasteiger partial charge in [0.15, 0.2) is 6.10 Å². The van der Waals surface area contributed by atoms with Crippen LogP contribution in [0.1, 0.15) is 17.3 Å². The van der Waals surface area contributed by atoms with Gasteiger partial charge in [0, 0.05) is 22.7 Å². The molecule has 26 heavy (non-hydrogen) atoms. The first-order valence-electron chi connectivity index (χ1n) is 7.24. The van der Waals surface area contributed by atoms with Crippen molar-refractivity contribution in [1.29, 1.82) is 0 Å². The maximum atomic E-state index is 12.0. The number of ether oxygens (including phenoxy) is 1. The van der Waals surface area contributed by atoms with Crippen molar-refractivity contribution in [3.63, 3.8) is 0 Å². The molecular weight excluding hydrogens is 385 g/mol. The Morgan fingerprint density at radius 2 is 1.88 bits per heavy atom. The number of benzene rings is 2. The van der Waals surface area contributed by atoms with Crippen LogP contribution in [-0.4, -0.2) is 22.8 Å². The number of amides is 2. The summed E-state index contributed by atoms with van der Waals surface area (Å²) in [5.41, 5.74) is 4.12. The van der Waals surface area contributed by atoms with Gasteiger partial charge in [-0.3, -0.25) is 30.6 Å². The number of non-ortho nitro benzene ring substituents is 1. The van der Waals surface area contributed by atoms with Crippen LogP contribution in [0.4, 0.5) is 5.69 Å². The highest BCUT2D eigenvalue weighted by Crippen LogP contribution is 2.28. The molecule has 2 rings (SSSR count). The number of hydrogen-bond acceptors (Lipinski definition) is 5. The summed E-state index contributed by atoms with van der Waals surface area (Å²) in [6.07, 6.45) is -0.973. The fourth-order valence-electron chi connectivity index (χ4n) is 1.87. The molecule has 136 valence electrons. The Balaban J connectivity index is 1.94. The summed E-state index contributed by atoms with van der Waals surface area (Å²) in [6.45, 7) is 1.46.